The van der Waals surface area contributed by atoms with Crippen molar-refractivity contribution in [3.63, 3.8) is 0 Å². The van der Waals surface area contributed by atoms with Crippen molar-refractivity contribution in [3.8, 4) is 0 Å². The molecule has 0 aromatic carbocycles. The second kappa shape index (κ2) is 15.9. The Kier molecular flexibility index (Phi) is 28.8. The van der Waals surface area contributed by atoms with Crippen molar-refractivity contribution in [2.75, 3.05) is 7.11 Å². The van der Waals surface area contributed by atoms with E-state index in [0.29, 0.717) is 6.42 Å². The van der Waals surface area contributed by atoms with Gasteiger partial charge in [0, 0.05) is 13.5 Å². The van der Waals surface area contributed by atoms with E-state index in [4.69, 9.17) is 5.11 Å². The first kappa shape index (κ1) is 16.3. The quantitative estimate of drug-likeness (QED) is 0.395. The van der Waals surface area contributed by atoms with Crippen LogP contribution in [0.5, 0.6) is 0 Å². The van der Waals surface area contributed by atoms with E-state index in [1.807, 2.05) is 0 Å². The minimum Gasteiger partial charge on any atom is -1.00 e. The van der Waals surface area contributed by atoms with Gasteiger partial charge in [-0.1, -0.05) is 6.92 Å². The zero-order chi connectivity index (χ0) is 6.99. The Bertz CT molecular complexity index is 61.3. The van der Waals surface area contributed by atoms with Crippen LogP contribution in [-0.2, 0) is 9.63 Å². The largest absolute Gasteiger partial charge is 2.00 e. The van der Waals surface area contributed by atoms with Crippen molar-refractivity contribution in [2.45, 2.75) is 13.3 Å². The Morgan fingerprint density at radius 3 is 2.11 bits per heavy atom. The van der Waals surface area contributed by atoms with Crippen LogP contribution in [0.15, 0.2) is 0 Å². The first-order valence-corrected chi connectivity index (χ1v) is 2.15. The summed E-state index contributed by atoms with van der Waals surface area (Å²) in [6.45, 7) is 1.68. The van der Waals surface area contributed by atoms with Crippen molar-refractivity contribution >= 4 is 43.7 Å². The number of hydrogen-bond donors (Lipinski definition) is 2. The van der Waals surface area contributed by atoms with E-state index in [1.165, 1.54) is 0 Å². The molecule has 0 unspecified atom stereocenters. The SMILES string of the molecule is CCC(=O)ON.CO.[Ca+2].[H-].[H-]. The monoisotopic (exact) mass is 163 g/mol. The van der Waals surface area contributed by atoms with Gasteiger partial charge >= 0.3 is 43.7 Å². The molecule has 0 saturated heterocycles. The summed E-state index contributed by atoms with van der Waals surface area (Å²) in [6.07, 6.45) is 0.344. The first-order chi connectivity index (χ1) is 3.81. The molecule has 0 aliphatic heterocycles. The molecule has 0 rings (SSSR count). The summed E-state index contributed by atoms with van der Waals surface area (Å²) in [5.41, 5.74) is 0. The fraction of sp³-hybridized carbons (Fsp3) is 0.750. The molecule has 0 heterocycles. The maximum Gasteiger partial charge on any atom is 2.00 e. The third kappa shape index (κ3) is 17.7. The van der Waals surface area contributed by atoms with E-state index in [0.717, 1.165) is 7.11 Å². The molecule has 54 valence electrons. The van der Waals surface area contributed by atoms with Crippen LogP contribution < -0.4 is 5.90 Å². The van der Waals surface area contributed by atoms with Crippen LogP contribution in [0, 0.1) is 0 Å². The summed E-state index contributed by atoms with van der Waals surface area (Å²) in [5, 5.41) is 7.00. The Labute approximate surface area is 87.3 Å². The van der Waals surface area contributed by atoms with Gasteiger partial charge in [0.25, 0.3) is 0 Å². The van der Waals surface area contributed by atoms with Gasteiger partial charge in [-0.15, -0.1) is 0 Å². The number of carbonyl (C=O) groups is 1. The van der Waals surface area contributed by atoms with Crippen molar-refractivity contribution in [2.24, 2.45) is 5.90 Å². The molecule has 0 aliphatic rings. The van der Waals surface area contributed by atoms with Gasteiger partial charge in [0.2, 0.25) is 0 Å². The topological polar surface area (TPSA) is 72.5 Å². The van der Waals surface area contributed by atoms with E-state index < -0.39 is 0 Å². The zero-order valence-corrected chi connectivity index (χ0v) is 7.96. The van der Waals surface area contributed by atoms with E-state index in [-0.39, 0.29) is 46.6 Å². The van der Waals surface area contributed by atoms with Crippen LogP contribution >= 0.6 is 0 Å². The molecule has 0 radical (unpaired) electrons. The molecule has 0 spiro atoms. The Balaban J connectivity index is -0.0000000222. The molecule has 0 amide bonds. The summed E-state index contributed by atoms with van der Waals surface area (Å²) >= 11 is 0. The second-order valence-electron chi connectivity index (χ2n) is 0.843. The molecule has 0 aliphatic carbocycles. The van der Waals surface area contributed by atoms with E-state index in [1.54, 1.807) is 6.92 Å². The van der Waals surface area contributed by atoms with E-state index in [9.17, 15) is 4.79 Å². The van der Waals surface area contributed by atoms with Gasteiger partial charge in [0.15, 0.2) is 0 Å². The van der Waals surface area contributed by atoms with E-state index >= 15 is 0 Å². The van der Waals surface area contributed by atoms with Gasteiger partial charge in [-0.25, -0.2) is 0 Å². The van der Waals surface area contributed by atoms with Crippen LogP contribution in [0.4, 0.5) is 0 Å². The van der Waals surface area contributed by atoms with Crippen LogP contribution in [0.25, 0.3) is 0 Å². The number of hydrogen-bond acceptors (Lipinski definition) is 4. The normalized spacial score (nSPS) is 5.78. The third-order valence-corrected chi connectivity index (χ3v) is 0.420. The molecular formula is C4H13CaNO3. The number of nitrogens with two attached hydrogens (primary N) is 1. The number of rotatable bonds is 1. The maximum absolute atomic E-state index is 9.83. The third-order valence-electron chi connectivity index (χ3n) is 0.420. The molecule has 0 aromatic heterocycles. The Hall–Kier alpha value is 0.650. The Morgan fingerprint density at radius 1 is 1.78 bits per heavy atom. The predicted octanol–water partition coefficient (Wildman–Crippen LogP) is -0.734. The number of aliphatic hydroxyl groups excluding tert-OH is 1. The first-order valence-electron chi connectivity index (χ1n) is 2.15. The maximum atomic E-state index is 9.83. The molecule has 0 aromatic rings. The van der Waals surface area contributed by atoms with Gasteiger partial charge in [-0.05, 0) is 0 Å². The molecule has 5 heteroatoms. The van der Waals surface area contributed by atoms with Gasteiger partial charge < -0.3 is 12.8 Å². The average Bonchev–Trinajstić information content (AvgIpc) is 1.91. The summed E-state index contributed by atoms with van der Waals surface area (Å²) in [6, 6.07) is 0. The molecular weight excluding hydrogens is 150 g/mol. The standard InChI is InChI=1S/C3H7NO2.CH4O.Ca.2H/c1-2-3(5)6-4;1-2;;;/h2,4H2,1H3;2H,1H3;;;/q;;+2;2*-1. The predicted molar refractivity (Wildman–Crippen MR) is 36.7 cm³/mol. The van der Waals surface area contributed by atoms with Gasteiger partial charge in [0.05, 0.1) is 0 Å². The second-order valence-corrected chi connectivity index (χ2v) is 0.843. The molecule has 9 heavy (non-hydrogen) atoms. The minimum absolute atomic E-state index is 0. The van der Waals surface area contributed by atoms with Gasteiger partial charge in [0.1, 0.15) is 0 Å². The van der Waals surface area contributed by atoms with Crippen molar-refractivity contribution in [3.05, 3.63) is 0 Å². The summed E-state index contributed by atoms with van der Waals surface area (Å²) in [7, 11) is 1.00. The summed E-state index contributed by atoms with van der Waals surface area (Å²) in [5.74, 6) is 4.05. The molecule has 0 fully saturated rings. The molecule has 3 N–H and O–H groups in total. The Morgan fingerprint density at radius 2 is 2.11 bits per heavy atom. The van der Waals surface area contributed by atoms with Crippen molar-refractivity contribution in [1.82, 2.24) is 0 Å². The average molecular weight is 163 g/mol. The van der Waals surface area contributed by atoms with Crippen LogP contribution in [-0.4, -0.2) is 55.9 Å². The van der Waals surface area contributed by atoms with Crippen LogP contribution in [0.1, 0.15) is 16.2 Å². The fourth-order valence-corrected chi connectivity index (χ4v) is 0.0833. The van der Waals surface area contributed by atoms with Crippen molar-refractivity contribution < 1.29 is 17.6 Å². The van der Waals surface area contributed by atoms with E-state index in [2.05, 4.69) is 10.7 Å². The zero-order valence-electron chi connectivity index (χ0n) is 7.76. The van der Waals surface area contributed by atoms with Crippen molar-refractivity contribution in [1.29, 1.82) is 0 Å². The fourth-order valence-electron chi connectivity index (χ4n) is 0.0833. The molecule has 4 nitrogen and oxygen atoms in total. The summed E-state index contributed by atoms with van der Waals surface area (Å²) < 4.78 is 0. The molecule has 0 bridgehead atoms. The van der Waals surface area contributed by atoms with Gasteiger partial charge in [-0.3, -0.25) is 4.79 Å². The summed E-state index contributed by atoms with van der Waals surface area (Å²) in [4.78, 5) is 13.6. The molecule has 0 atom stereocenters. The number of carbonyl (C=O) groups excluding carboxylic acids is 1. The number of aliphatic hydroxyl groups is 1. The molecule has 0 saturated carbocycles. The minimum atomic E-state index is -0.380. The van der Waals surface area contributed by atoms with Crippen LogP contribution in [0.2, 0.25) is 0 Å². The smallest absolute Gasteiger partial charge is 1.00 e. The van der Waals surface area contributed by atoms with Crippen LogP contribution in [0.3, 0.4) is 0 Å². The van der Waals surface area contributed by atoms with Gasteiger partial charge in [-0.2, -0.15) is 5.90 Å².